The van der Waals surface area contributed by atoms with Crippen molar-refractivity contribution in [3.63, 3.8) is 0 Å². The summed E-state index contributed by atoms with van der Waals surface area (Å²) in [5.41, 5.74) is -0.416. The first kappa shape index (κ1) is 17.7. The van der Waals surface area contributed by atoms with Crippen LogP contribution in [-0.2, 0) is 16.9 Å². The van der Waals surface area contributed by atoms with Crippen LogP contribution in [0.2, 0.25) is 0 Å². The van der Waals surface area contributed by atoms with Gasteiger partial charge < -0.3 is 18.6 Å². The lowest BCUT2D eigenvalue weighted by molar-refractivity contribution is -0.126. The van der Waals surface area contributed by atoms with E-state index in [-0.39, 0.29) is 29.2 Å². The van der Waals surface area contributed by atoms with E-state index in [2.05, 4.69) is 0 Å². The van der Waals surface area contributed by atoms with Crippen LogP contribution in [0.1, 0.15) is 27.4 Å². The molecule has 6 rings (SSSR count). The van der Waals surface area contributed by atoms with Gasteiger partial charge in [-0.15, -0.1) is 0 Å². The third-order valence-electron chi connectivity index (χ3n) is 6.17. The summed E-state index contributed by atoms with van der Waals surface area (Å²) in [6.45, 7) is 0.0136. The molecule has 31 heavy (non-hydrogen) atoms. The zero-order chi connectivity index (χ0) is 21.3. The van der Waals surface area contributed by atoms with Crippen molar-refractivity contribution in [1.29, 1.82) is 0 Å². The number of carbonyl (C=O) groups is 2. The largest absolute Gasteiger partial charge is 0.467 e. The highest BCUT2D eigenvalue weighted by atomic mass is 16.4. The van der Waals surface area contributed by atoms with E-state index < -0.39 is 11.4 Å². The minimum atomic E-state index is -1.62. The Labute approximate surface area is 176 Å². The first-order chi connectivity index (χ1) is 15.0. The molecule has 7 heteroatoms. The second-order valence-corrected chi connectivity index (χ2v) is 7.69. The predicted octanol–water partition coefficient (Wildman–Crippen LogP) is 3.26. The molecule has 1 atom stereocenters. The molecule has 2 aliphatic heterocycles. The van der Waals surface area contributed by atoms with Gasteiger partial charge in [0.15, 0.2) is 11.0 Å². The number of nitrogens with zero attached hydrogens (tertiary/aromatic N) is 2. The van der Waals surface area contributed by atoms with Gasteiger partial charge in [0.25, 0.3) is 11.8 Å². The quantitative estimate of drug-likeness (QED) is 0.505. The molecule has 0 bridgehead atoms. The lowest BCUT2D eigenvalue weighted by atomic mass is 9.84. The van der Waals surface area contributed by atoms with E-state index in [0.717, 1.165) is 0 Å². The molecule has 0 saturated carbocycles. The van der Waals surface area contributed by atoms with Crippen LogP contribution in [0.4, 0.5) is 5.69 Å². The van der Waals surface area contributed by atoms with Crippen LogP contribution < -0.4 is 10.3 Å². The van der Waals surface area contributed by atoms with Gasteiger partial charge >= 0.3 is 0 Å². The maximum atomic E-state index is 13.8. The highest BCUT2D eigenvalue weighted by Gasteiger charge is 2.64. The van der Waals surface area contributed by atoms with Crippen LogP contribution >= 0.6 is 0 Å². The minimum absolute atomic E-state index is 0.0136. The average molecular weight is 412 g/mol. The third kappa shape index (κ3) is 2.05. The van der Waals surface area contributed by atoms with E-state index in [0.29, 0.717) is 28.0 Å². The second-order valence-electron chi connectivity index (χ2n) is 7.69. The number of amides is 2. The van der Waals surface area contributed by atoms with Crippen molar-refractivity contribution in [3.05, 3.63) is 99.8 Å². The second kappa shape index (κ2) is 5.95. The lowest BCUT2D eigenvalue weighted by Crippen LogP contribution is -2.52. The average Bonchev–Trinajstić information content (AvgIpc) is 3.45. The van der Waals surface area contributed by atoms with Gasteiger partial charge in [-0.25, -0.2) is 0 Å². The van der Waals surface area contributed by atoms with Gasteiger partial charge in [-0.05, 0) is 30.3 Å². The number of furan rings is 1. The first-order valence-corrected chi connectivity index (χ1v) is 9.83. The van der Waals surface area contributed by atoms with Crippen LogP contribution in [-0.4, -0.2) is 23.8 Å². The van der Waals surface area contributed by atoms with Crippen LogP contribution in [0.3, 0.4) is 0 Å². The summed E-state index contributed by atoms with van der Waals surface area (Å²) in [5, 5.41) is 0.327. The number of carbonyl (C=O) groups excluding carboxylic acids is 2. The Morgan fingerprint density at radius 3 is 2.52 bits per heavy atom. The van der Waals surface area contributed by atoms with Gasteiger partial charge in [-0.3, -0.25) is 14.4 Å². The Balaban J connectivity index is 1.75. The van der Waals surface area contributed by atoms with E-state index in [9.17, 15) is 14.4 Å². The molecule has 2 aromatic carbocycles. The molecule has 2 amide bonds. The number of likely N-dealkylation sites (N-methyl/N-ethyl adjacent to an activating group) is 1. The molecule has 0 radical (unpaired) electrons. The van der Waals surface area contributed by atoms with E-state index >= 15 is 0 Å². The Hall–Kier alpha value is -4.13. The molecule has 4 aromatic rings. The molecule has 2 aromatic heterocycles. The van der Waals surface area contributed by atoms with Crippen LogP contribution in [0.15, 0.2) is 80.6 Å². The number of rotatable bonds is 2. The van der Waals surface area contributed by atoms with Crippen molar-refractivity contribution in [2.75, 3.05) is 11.9 Å². The Morgan fingerprint density at radius 1 is 0.935 bits per heavy atom. The van der Waals surface area contributed by atoms with Crippen LogP contribution in [0.5, 0.6) is 0 Å². The fourth-order valence-corrected chi connectivity index (χ4v) is 4.82. The highest BCUT2D eigenvalue weighted by molar-refractivity contribution is 6.16. The SMILES string of the molecule is CN1C(=O)[C@@]2(c3ccccc31)c1c(oc3ccccc3c1=O)C(=O)N2Cc1ccco1. The molecular weight excluding hydrogens is 396 g/mol. The Morgan fingerprint density at radius 2 is 1.71 bits per heavy atom. The van der Waals surface area contributed by atoms with Gasteiger partial charge in [0, 0.05) is 18.3 Å². The molecular formula is C24H16N2O5. The molecule has 0 fully saturated rings. The van der Waals surface area contributed by atoms with Gasteiger partial charge in [0.05, 0.1) is 23.8 Å². The Bertz CT molecular complexity index is 1450. The molecule has 7 nitrogen and oxygen atoms in total. The molecule has 1 spiro atoms. The molecule has 0 saturated heterocycles. The van der Waals surface area contributed by atoms with Crippen molar-refractivity contribution in [3.8, 4) is 0 Å². The summed E-state index contributed by atoms with van der Waals surface area (Å²) in [5.74, 6) is -0.506. The summed E-state index contributed by atoms with van der Waals surface area (Å²) in [6, 6.07) is 17.4. The maximum absolute atomic E-state index is 13.8. The minimum Gasteiger partial charge on any atom is -0.467 e. The number of anilines is 1. The summed E-state index contributed by atoms with van der Waals surface area (Å²) in [7, 11) is 1.64. The van der Waals surface area contributed by atoms with E-state index in [1.165, 1.54) is 16.1 Å². The van der Waals surface area contributed by atoms with E-state index in [1.54, 1.807) is 61.6 Å². The standard InChI is InChI=1S/C24H16N2O5/c1-25-17-10-4-3-9-16(17)24(23(25)29)19-20(27)15-8-2-5-11-18(15)31-21(19)22(28)26(24)13-14-7-6-12-30-14/h2-12H,13H2,1H3/t24-/m1/s1. The number of benzene rings is 2. The van der Waals surface area contributed by atoms with Crippen molar-refractivity contribution in [2.45, 2.75) is 12.1 Å². The first-order valence-electron chi connectivity index (χ1n) is 9.83. The molecule has 0 unspecified atom stereocenters. The van der Waals surface area contributed by atoms with Gasteiger partial charge in [-0.2, -0.15) is 0 Å². The lowest BCUT2D eigenvalue weighted by Gasteiger charge is -2.33. The molecule has 0 N–H and O–H groups in total. The van der Waals surface area contributed by atoms with Crippen LogP contribution in [0, 0.1) is 0 Å². The summed E-state index contributed by atoms with van der Waals surface area (Å²) < 4.78 is 11.4. The Kier molecular flexibility index (Phi) is 3.40. The monoisotopic (exact) mass is 412 g/mol. The summed E-state index contributed by atoms with van der Waals surface area (Å²) in [6.07, 6.45) is 1.50. The zero-order valence-corrected chi connectivity index (χ0v) is 16.5. The van der Waals surface area contributed by atoms with E-state index in [1.807, 2.05) is 6.07 Å². The zero-order valence-electron chi connectivity index (χ0n) is 16.5. The van der Waals surface area contributed by atoms with Crippen molar-refractivity contribution in [1.82, 2.24) is 4.90 Å². The molecule has 0 aliphatic carbocycles. The fourth-order valence-electron chi connectivity index (χ4n) is 4.82. The molecule has 4 heterocycles. The fraction of sp³-hybridized carbons (Fsp3) is 0.125. The topological polar surface area (TPSA) is 84.0 Å². The summed E-state index contributed by atoms with van der Waals surface area (Å²) >= 11 is 0. The number of para-hydroxylation sites is 2. The number of fused-ring (bicyclic) bond motifs is 5. The predicted molar refractivity (Wildman–Crippen MR) is 112 cm³/mol. The van der Waals surface area contributed by atoms with Crippen molar-refractivity contribution in [2.24, 2.45) is 0 Å². The van der Waals surface area contributed by atoms with Gasteiger partial charge in [0.1, 0.15) is 11.3 Å². The van der Waals surface area contributed by atoms with Crippen LogP contribution in [0.25, 0.3) is 11.0 Å². The highest BCUT2D eigenvalue weighted by Crippen LogP contribution is 2.52. The van der Waals surface area contributed by atoms with Crippen molar-refractivity contribution < 1.29 is 18.4 Å². The normalized spacial score (nSPS) is 19.5. The van der Waals surface area contributed by atoms with Gasteiger partial charge in [0.2, 0.25) is 5.76 Å². The molecule has 2 aliphatic rings. The van der Waals surface area contributed by atoms with E-state index in [4.69, 9.17) is 8.83 Å². The third-order valence-corrected chi connectivity index (χ3v) is 6.17. The number of hydrogen-bond donors (Lipinski definition) is 0. The summed E-state index contributed by atoms with van der Waals surface area (Å²) in [4.78, 5) is 44.1. The smallest absolute Gasteiger partial charge is 0.291 e. The number of hydrogen-bond acceptors (Lipinski definition) is 5. The van der Waals surface area contributed by atoms with Gasteiger partial charge in [-0.1, -0.05) is 30.3 Å². The molecule has 152 valence electrons. The maximum Gasteiger partial charge on any atom is 0.291 e. The van der Waals surface area contributed by atoms with Crippen molar-refractivity contribution >= 4 is 28.5 Å².